The molecule has 1 aliphatic heterocycles. The summed E-state index contributed by atoms with van der Waals surface area (Å²) in [4.78, 5) is 38.7. The van der Waals surface area contributed by atoms with Gasteiger partial charge in [-0.2, -0.15) is 5.10 Å². The molecule has 0 spiro atoms. The van der Waals surface area contributed by atoms with Crippen molar-refractivity contribution in [3.63, 3.8) is 0 Å². The highest BCUT2D eigenvalue weighted by Gasteiger charge is 2.27. The molecule has 4 aromatic heterocycles. The first-order valence-corrected chi connectivity index (χ1v) is 13.4. The average molecular weight is 571 g/mol. The number of primary amides is 1. The van der Waals surface area contributed by atoms with Gasteiger partial charge in [0.15, 0.2) is 5.82 Å². The Balaban J connectivity index is 1.13. The predicted octanol–water partition coefficient (Wildman–Crippen LogP) is 2.90. The molecule has 6 rings (SSSR count). The smallest absolute Gasteiger partial charge is 0.287 e. The van der Waals surface area contributed by atoms with E-state index in [1.807, 2.05) is 56.3 Å². The van der Waals surface area contributed by atoms with Crippen LogP contribution in [0.1, 0.15) is 28.2 Å². The molecule has 0 bridgehead atoms. The Labute approximate surface area is 240 Å². The molecule has 216 valence electrons. The van der Waals surface area contributed by atoms with Crippen LogP contribution in [0.25, 0.3) is 22.2 Å². The second-order valence-corrected chi connectivity index (χ2v) is 10.3. The highest BCUT2D eigenvalue weighted by Crippen LogP contribution is 2.33. The van der Waals surface area contributed by atoms with Crippen LogP contribution >= 0.6 is 0 Å². The number of aryl methyl sites for hydroxylation is 3. The number of aromatic nitrogens is 6. The summed E-state index contributed by atoms with van der Waals surface area (Å²) in [6, 6.07) is 9.05. The van der Waals surface area contributed by atoms with E-state index in [1.165, 1.54) is 6.07 Å². The van der Waals surface area contributed by atoms with Crippen LogP contribution in [0.4, 0.5) is 17.5 Å². The maximum Gasteiger partial charge on any atom is 0.287 e. The largest absolute Gasteiger partial charge is 0.471 e. The molecule has 42 heavy (non-hydrogen) atoms. The lowest BCUT2D eigenvalue weighted by Gasteiger charge is -2.16. The van der Waals surface area contributed by atoms with Crippen molar-refractivity contribution in [3.05, 3.63) is 59.7 Å². The number of rotatable bonds is 9. The topological polar surface area (TPSA) is 182 Å². The Kier molecular flexibility index (Phi) is 7.04. The Morgan fingerprint density at radius 2 is 2.12 bits per heavy atom. The van der Waals surface area contributed by atoms with Gasteiger partial charge in [-0.25, -0.2) is 9.97 Å². The zero-order valence-electron chi connectivity index (χ0n) is 23.3. The number of carbonyl (C=O) groups excluding carboxylic acids is 2. The van der Waals surface area contributed by atoms with E-state index in [0.29, 0.717) is 37.0 Å². The van der Waals surface area contributed by atoms with E-state index in [9.17, 15) is 9.59 Å². The van der Waals surface area contributed by atoms with E-state index in [1.54, 1.807) is 10.9 Å². The first-order chi connectivity index (χ1) is 20.2. The maximum absolute atomic E-state index is 13.0. The SMILES string of the molecule is Cc1cnc(Nc2cc(C)n(C)n2)nc1-c1c[nH]c2c(NC(=O)CN3CC[C@H](Oc4cc(C(N)=O)on4)C3)cccc12. The van der Waals surface area contributed by atoms with E-state index < -0.39 is 5.91 Å². The fraction of sp³-hybridized carbons (Fsp3) is 0.286. The Morgan fingerprint density at radius 3 is 2.88 bits per heavy atom. The molecule has 5 aromatic rings. The number of hydrogen-bond donors (Lipinski definition) is 4. The Morgan fingerprint density at radius 1 is 1.26 bits per heavy atom. The van der Waals surface area contributed by atoms with E-state index >= 15 is 0 Å². The van der Waals surface area contributed by atoms with E-state index in [0.717, 1.165) is 33.4 Å². The maximum atomic E-state index is 13.0. The minimum atomic E-state index is -0.712. The lowest BCUT2D eigenvalue weighted by atomic mass is 10.1. The summed E-state index contributed by atoms with van der Waals surface area (Å²) in [5, 5.41) is 15.3. The fourth-order valence-corrected chi connectivity index (χ4v) is 5.00. The number of nitrogens with two attached hydrogens (primary N) is 1. The molecular weight excluding hydrogens is 540 g/mol. The number of nitrogens with one attached hydrogen (secondary N) is 3. The van der Waals surface area contributed by atoms with Crippen molar-refractivity contribution in [2.75, 3.05) is 30.3 Å². The van der Waals surface area contributed by atoms with Crippen molar-refractivity contribution in [2.45, 2.75) is 26.4 Å². The van der Waals surface area contributed by atoms with Crippen LogP contribution in [0, 0.1) is 13.8 Å². The monoisotopic (exact) mass is 570 g/mol. The molecule has 1 saturated heterocycles. The zero-order chi connectivity index (χ0) is 29.4. The number of carbonyl (C=O) groups is 2. The minimum absolute atomic E-state index is 0.0626. The van der Waals surface area contributed by atoms with Crippen molar-refractivity contribution in [1.29, 1.82) is 0 Å². The van der Waals surface area contributed by atoms with Gasteiger partial charge < -0.3 is 30.6 Å². The van der Waals surface area contributed by atoms with Crippen LogP contribution in [0.5, 0.6) is 5.88 Å². The number of nitrogens with zero attached hydrogens (tertiary/aromatic N) is 6. The molecule has 5 N–H and O–H groups in total. The van der Waals surface area contributed by atoms with Gasteiger partial charge in [-0.3, -0.25) is 19.2 Å². The highest BCUT2D eigenvalue weighted by molar-refractivity contribution is 6.06. The van der Waals surface area contributed by atoms with Crippen LogP contribution in [-0.2, 0) is 11.8 Å². The molecule has 1 atom stereocenters. The first kappa shape index (κ1) is 27.0. The number of amides is 2. The summed E-state index contributed by atoms with van der Waals surface area (Å²) in [5.41, 5.74) is 10.3. The predicted molar refractivity (Wildman–Crippen MR) is 154 cm³/mol. The molecule has 0 aliphatic carbocycles. The number of ether oxygens (including phenoxy) is 1. The summed E-state index contributed by atoms with van der Waals surface area (Å²) < 4.78 is 12.4. The molecule has 14 heteroatoms. The van der Waals surface area contributed by atoms with Gasteiger partial charge in [0, 0.05) is 55.2 Å². The Hall–Kier alpha value is -5.24. The van der Waals surface area contributed by atoms with Crippen molar-refractivity contribution in [1.82, 2.24) is 34.8 Å². The number of hydrogen-bond acceptors (Lipinski definition) is 10. The van der Waals surface area contributed by atoms with E-state index in [-0.39, 0.29) is 30.2 Å². The number of anilines is 3. The molecule has 0 radical (unpaired) electrons. The third kappa shape index (κ3) is 5.51. The summed E-state index contributed by atoms with van der Waals surface area (Å²) in [7, 11) is 1.88. The second kappa shape index (κ2) is 11.0. The van der Waals surface area contributed by atoms with Crippen LogP contribution in [0.15, 0.2) is 47.2 Å². The molecule has 5 heterocycles. The van der Waals surface area contributed by atoms with Gasteiger partial charge >= 0.3 is 0 Å². The summed E-state index contributed by atoms with van der Waals surface area (Å²) in [6.07, 6.45) is 4.18. The highest BCUT2D eigenvalue weighted by atomic mass is 16.5. The minimum Gasteiger partial charge on any atom is -0.471 e. The molecule has 1 fully saturated rings. The van der Waals surface area contributed by atoms with Crippen molar-refractivity contribution >= 4 is 40.2 Å². The lowest BCUT2D eigenvalue weighted by molar-refractivity contribution is -0.117. The second-order valence-electron chi connectivity index (χ2n) is 10.3. The molecule has 0 unspecified atom stereocenters. The van der Waals surface area contributed by atoms with Crippen molar-refractivity contribution in [3.8, 4) is 17.1 Å². The number of benzene rings is 1. The standard InChI is InChI=1S/C28H30N10O4/c1-15-11-31-28(33-22-9-16(2)37(3)35-22)34-25(15)19-12-30-26-18(19)5-4-6-20(26)32-23(39)14-38-8-7-17(13-38)41-24-10-21(27(29)40)42-36-24/h4-6,9-12,17,30H,7-8,13-14H2,1-3H3,(H2,29,40)(H,32,39)(H,31,33,34,35)/t17-/m0/s1. The third-order valence-corrected chi connectivity index (χ3v) is 7.19. The molecule has 0 saturated carbocycles. The number of para-hydroxylation sites is 1. The average Bonchev–Trinajstić information content (AvgIpc) is 3.74. The normalized spacial score (nSPS) is 15.3. The van der Waals surface area contributed by atoms with Crippen molar-refractivity contribution in [2.24, 2.45) is 12.8 Å². The number of aromatic amines is 1. The summed E-state index contributed by atoms with van der Waals surface area (Å²) in [6.45, 7) is 5.34. The van der Waals surface area contributed by atoms with Crippen molar-refractivity contribution < 1.29 is 18.8 Å². The number of likely N-dealkylation sites (tertiary alicyclic amines) is 1. The Bertz CT molecular complexity index is 1770. The molecule has 1 aromatic carbocycles. The van der Waals surface area contributed by atoms with E-state index in [2.05, 4.69) is 30.9 Å². The first-order valence-electron chi connectivity index (χ1n) is 13.4. The summed E-state index contributed by atoms with van der Waals surface area (Å²) in [5.74, 6) is 0.385. The summed E-state index contributed by atoms with van der Waals surface area (Å²) >= 11 is 0. The quantitative estimate of drug-likeness (QED) is 0.206. The molecule has 2 amide bonds. The van der Waals surface area contributed by atoms with Crippen LogP contribution in [0.3, 0.4) is 0 Å². The van der Waals surface area contributed by atoms with Gasteiger partial charge in [-0.05, 0) is 37.1 Å². The molecule has 14 nitrogen and oxygen atoms in total. The lowest BCUT2D eigenvalue weighted by Crippen LogP contribution is -2.33. The van der Waals surface area contributed by atoms with Gasteiger partial charge in [0.2, 0.25) is 17.6 Å². The zero-order valence-corrected chi connectivity index (χ0v) is 23.3. The van der Waals surface area contributed by atoms with Crippen LogP contribution in [-0.4, -0.2) is 72.3 Å². The fourth-order valence-electron chi connectivity index (χ4n) is 5.00. The number of H-pyrrole nitrogens is 1. The van der Waals surface area contributed by atoms with Gasteiger partial charge in [0.1, 0.15) is 6.10 Å². The molecular formula is C28H30N10O4. The van der Waals surface area contributed by atoms with Gasteiger partial charge in [0.25, 0.3) is 11.8 Å². The van der Waals surface area contributed by atoms with E-state index in [4.69, 9.17) is 20.0 Å². The van der Waals surface area contributed by atoms with Gasteiger partial charge in [0.05, 0.1) is 29.5 Å². The molecule has 1 aliphatic rings. The van der Waals surface area contributed by atoms with Gasteiger partial charge in [-0.15, -0.1) is 0 Å². The van der Waals surface area contributed by atoms with Crippen LogP contribution in [0.2, 0.25) is 0 Å². The number of fused-ring (bicyclic) bond motifs is 1. The van der Waals surface area contributed by atoms with Gasteiger partial charge in [-0.1, -0.05) is 12.1 Å². The van der Waals surface area contributed by atoms with Crippen LogP contribution < -0.4 is 21.1 Å². The third-order valence-electron chi connectivity index (χ3n) is 7.19.